The normalized spacial score (nSPS) is 11.1. The Morgan fingerprint density at radius 3 is 2.71 bits per heavy atom. The molecule has 0 atom stereocenters. The van der Waals surface area contributed by atoms with Gasteiger partial charge < -0.3 is 15.9 Å². The number of halogens is 2. The monoisotopic (exact) mass is 515 g/mol. The standard InChI is InChI=1S/C17H21BrFN5O3S.CH2N2/c1-17(2,3)16(25)26-23-15(21-10-5-6-12(19)11(18)9-10)13-14(24-27-22-13)20-7-8-28-4;2-1-3/h5-6,9H,7-8H2,1-4H3,(H,20,24)(H,21,23);2H2. The van der Waals surface area contributed by atoms with E-state index in [4.69, 9.17) is 14.7 Å². The summed E-state index contributed by atoms with van der Waals surface area (Å²) in [6.07, 6.45) is 3.23. The molecule has 0 bridgehead atoms. The third-order valence-electron chi connectivity index (χ3n) is 3.31. The molecule has 0 saturated carbocycles. The van der Waals surface area contributed by atoms with Crippen LogP contribution in [0.1, 0.15) is 26.5 Å². The number of hydrogen-bond acceptors (Lipinski definition) is 10. The van der Waals surface area contributed by atoms with Gasteiger partial charge in [0.1, 0.15) is 5.82 Å². The lowest BCUT2D eigenvalue weighted by molar-refractivity contribution is -0.157. The summed E-state index contributed by atoms with van der Waals surface area (Å²) >= 11 is 4.78. The zero-order valence-electron chi connectivity index (χ0n) is 17.4. The van der Waals surface area contributed by atoms with E-state index in [1.54, 1.807) is 32.5 Å². The quantitative estimate of drug-likeness (QED) is 0.130. The highest BCUT2D eigenvalue weighted by Gasteiger charge is 2.25. The number of nitrogens with one attached hydrogen (secondary N) is 2. The van der Waals surface area contributed by atoms with Crippen LogP contribution >= 0.6 is 27.7 Å². The molecular weight excluding hydrogens is 493 g/mol. The molecule has 0 fully saturated rings. The van der Waals surface area contributed by atoms with E-state index in [1.807, 2.05) is 6.26 Å². The number of hydroxylamine groups is 1. The van der Waals surface area contributed by atoms with E-state index >= 15 is 0 Å². The number of nitriles is 1. The Hall–Kier alpha value is -2.85. The molecule has 0 amide bonds. The number of amidine groups is 1. The van der Waals surface area contributed by atoms with Crippen LogP contribution in [0.4, 0.5) is 15.9 Å². The van der Waals surface area contributed by atoms with Crippen LogP contribution in [0.5, 0.6) is 0 Å². The molecule has 0 radical (unpaired) electrons. The average molecular weight is 516 g/mol. The maximum Gasteiger partial charge on any atom is 0.337 e. The Balaban J connectivity index is 0.00000151. The van der Waals surface area contributed by atoms with Gasteiger partial charge in [0.25, 0.3) is 0 Å². The van der Waals surface area contributed by atoms with E-state index in [1.165, 1.54) is 24.4 Å². The van der Waals surface area contributed by atoms with Crippen LogP contribution in [0.3, 0.4) is 0 Å². The van der Waals surface area contributed by atoms with Crippen molar-refractivity contribution >= 4 is 51.0 Å². The Labute approximate surface area is 191 Å². The van der Waals surface area contributed by atoms with Crippen molar-refractivity contribution in [1.82, 2.24) is 15.8 Å². The molecule has 0 spiro atoms. The summed E-state index contributed by atoms with van der Waals surface area (Å²) in [7, 11) is 0. The second kappa shape index (κ2) is 12.8. The van der Waals surface area contributed by atoms with Crippen molar-refractivity contribution in [2.45, 2.75) is 20.8 Å². The van der Waals surface area contributed by atoms with Crippen molar-refractivity contribution < 1.29 is 18.7 Å². The fourth-order valence-corrected chi connectivity index (χ4v) is 2.46. The number of nitrogens with zero attached hydrogens (tertiary/aromatic N) is 4. The van der Waals surface area contributed by atoms with Crippen LogP contribution in [0.25, 0.3) is 0 Å². The lowest BCUT2D eigenvalue weighted by Gasteiger charge is -2.17. The first kappa shape index (κ1) is 26.2. The Kier molecular flexibility index (Phi) is 10.8. The fourth-order valence-electron chi connectivity index (χ4n) is 1.79. The van der Waals surface area contributed by atoms with E-state index in [2.05, 4.69) is 47.8 Å². The lowest BCUT2D eigenvalue weighted by Crippen LogP contribution is -2.34. The van der Waals surface area contributed by atoms with Crippen LogP contribution in [0.15, 0.2) is 32.3 Å². The van der Waals surface area contributed by atoms with Gasteiger partial charge in [0, 0.05) is 12.3 Å². The van der Waals surface area contributed by atoms with E-state index in [-0.39, 0.29) is 16.0 Å². The second-order valence-electron chi connectivity index (χ2n) is 6.81. The minimum atomic E-state index is -0.724. The fraction of sp³-hybridized carbons (Fsp3) is 0.389. The topological polar surface area (TPSA) is 151 Å². The number of aromatic nitrogens is 2. The predicted octanol–water partition coefficient (Wildman–Crippen LogP) is 3.34. The molecule has 4 N–H and O–H groups in total. The van der Waals surface area contributed by atoms with E-state index in [0.717, 1.165) is 5.75 Å². The Bertz CT molecular complexity index is 941. The molecule has 0 saturated heterocycles. The van der Waals surface area contributed by atoms with Crippen LogP contribution in [-0.2, 0) is 9.63 Å². The van der Waals surface area contributed by atoms with Crippen LogP contribution in [0.2, 0.25) is 0 Å². The minimum absolute atomic E-state index is 0.0870. The lowest BCUT2D eigenvalue weighted by atomic mass is 9.98. The minimum Gasteiger partial charge on any atom is -0.364 e. The molecule has 0 unspecified atom stereocenters. The molecule has 0 aliphatic rings. The number of anilines is 1. The first-order valence-electron chi connectivity index (χ1n) is 8.80. The first-order valence-corrected chi connectivity index (χ1v) is 11.0. The maximum atomic E-state index is 13.5. The zero-order valence-corrected chi connectivity index (χ0v) is 19.8. The molecule has 0 aliphatic carbocycles. The third kappa shape index (κ3) is 8.81. The van der Waals surface area contributed by atoms with Gasteiger partial charge in [-0.05, 0) is 71.5 Å². The van der Waals surface area contributed by atoms with Crippen LogP contribution in [-0.4, -0.2) is 40.7 Å². The number of hydrogen-bond donors (Lipinski definition) is 3. The van der Waals surface area contributed by atoms with Crippen LogP contribution in [0, 0.1) is 22.7 Å². The third-order valence-corrected chi connectivity index (χ3v) is 4.53. The second-order valence-corrected chi connectivity index (χ2v) is 8.65. The number of nitrogens with two attached hydrogens (primary N) is 1. The number of thioether (sulfide) groups is 1. The van der Waals surface area contributed by atoms with E-state index in [9.17, 15) is 9.18 Å². The molecule has 13 heteroatoms. The summed E-state index contributed by atoms with van der Waals surface area (Å²) in [6, 6.07) is 4.22. The van der Waals surface area contributed by atoms with Crippen molar-refractivity contribution in [3.63, 3.8) is 0 Å². The summed E-state index contributed by atoms with van der Waals surface area (Å²) in [5, 5.41) is 17.8. The molecule has 168 valence electrons. The molecule has 2 aromatic rings. The molecule has 1 aromatic heterocycles. The van der Waals surface area contributed by atoms with Crippen molar-refractivity contribution in [3.8, 4) is 6.19 Å². The van der Waals surface area contributed by atoms with Gasteiger partial charge in [-0.3, -0.25) is 0 Å². The smallest absolute Gasteiger partial charge is 0.337 e. The van der Waals surface area contributed by atoms with Crippen molar-refractivity contribution in [2.75, 3.05) is 23.9 Å². The number of carbonyl (C=O) groups excluding carboxylic acids is 1. The summed E-state index contributed by atoms with van der Waals surface area (Å²) in [5.41, 5.74) is 6.58. The first-order chi connectivity index (χ1) is 14.6. The van der Waals surface area contributed by atoms with Gasteiger partial charge in [0.15, 0.2) is 17.7 Å². The largest absolute Gasteiger partial charge is 0.364 e. The van der Waals surface area contributed by atoms with Gasteiger partial charge in [-0.2, -0.15) is 22.5 Å². The summed E-state index contributed by atoms with van der Waals surface area (Å²) < 4.78 is 18.6. The number of rotatable bonds is 6. The van der Waals surface area contributed by atoms with E-state index in [0.29, 0.717) is 18.1 Å². The van der Waals surface area contributed by atoms with Crippen molar-refractivity contribution in [1.29, 1.82) is 5.26 Å². The highest BCUT2D eigenvalue weighted by atomic mass is 79.9. The average Bonchev–Trinajstić information content (AvgIpc) is 3.16. The summed E-state index contributed by atoms with van der Waals surface area (Å²) in [5.74, 6) is 0.358. The predicted molar refractivity (Wildman–Crippen MR) is 120 cm³/mol. The molecular formula is C18H23BrFN7O3S. The number of carbonyl (C=O) groups is 1. The highest BCUT2D eigenvalue weighted by Crippen LogP contribution is 2.23. The van der Waals surface area contributed by atoms with Gasteiger partial charge >= 0.3 is 5.97 Å². The number of aliphatic imine (C=N–C) groups is 1. The SMILES string of the molecule is CSCCNc1nonc1C(=Nc1ccc(F)c(Br)c1)NOC(=O)C(C)(C)C.N#CN. The maximum absolute atomic E-state index is 13.5. The Morgan fingerprint density at radius 2 is 2.13 bits per heavy atom. The summed E-state index contributed by atoms with van der Waals surface area (Å²) in [6.45, 7) is 5.79. The van der Waals surface area contributed by atoms with E-state index < -0.39 is 17.2 Å². The van der Waals surface area contributed by atoms with Gasteiger partial charge in [-0.15, -0.1) is 0 Å². The Morgan fingerprint density at radius 1 is 1.45 bits per heavy atom. The molecule has 2 rings (SSSR count). The molecule has 1 heterocycles. The van der Waals surface area contributed by atoms with Crippen molar-refractivity contribution in [3.05, 3.63) is 34.2 Å². The molecule has 31 heavy (non-hydrogen) atoms. The van der Waals surface area contributed by atoms with Crippen molar-refractivity contribution in [2.24, 2.45) is 16.1 Å². The van der Waals surface area contributed by atoms with Crippen LogP contribution < -0.4 is 16.5 Å². The highest BCUT2D eigenvalue weighted by molar-refractivity contribution is 9.10. The number of benzene rings is 1. The molecule has 1 aromatic carbocycles. The van der Waals surface area contributed by atoms with Gasteiger partial charge in [0.05, 0.1) is 15.6 Å². The molecule has 10 nitrogen and oxygen atoms in total. The zero-order chi connectivity index (χ0) is 23.4. The van der Waals surface area contributed by atoms with Gasteiger partial charge in [-0.1, -0.05) is 0 Å². The van der Waals surface area contributed by atoms with Gasteiger partial charge in [-0.25, -0.2) is 18.8 Å². The summed E-state index contributed by atoms with van der Waals surface area (Å²) in [4.78, 5) is 21.6. The molecule has 0 aliphatic heterocycles. The van der Waals surface area contributed by atoms with Gasteiger partial charge in [0.2, 0.25) is 5.82 Å².